The molecule has 0 unspecified atom stereocenters. The monoisotopic (exact) mass is 296 g/mol. The summed E-state index contributed by atoms with van der Waals surface area (Å²) in [5.41, 5.74) is 5.94. The molecule has 0 radical (unpaired) electrons. The first-order valence-electron chi connectivity index (χ1n) is 5.67. The zero-order valence-electron chi connectivity index (χ0n) is 10.4. The largest absolute Gasteiger partial charge is 0.487 e. The number of anilines is 1. The highest BCUT2D eigenvalue weighted by atomic mass is 32.2. The lowest BCUT2D eigenvalue weighted by atomic mass is 10.2. The van der Waals surface area contributed by atoms with Crippen molar-refractivity contribution in [2.75, 3.05) is 5.73 Å². The van der Waals surface area contributed by atoms with Crippen LogP contribution in [0.3, 0.4) is 0 Å². The summed E-state index contributed by atoms with van der Waals surface area (Å²) in [6.45, 7) is -0.0645. The van der Waals surface area contributed by atoms with Crippen LogP contribution >= 0.6 is 0 Å². The van der Waals surface area contributed by atoms with Crippen molar-refractivity contribution in [3.05, 3.63) is 53.8 Å². The van der Waals surface area contributed by atoms with Crippen molar-refractivity contribution < 1.29 is 17.5 Å². The Morgan fingerprint density at radius 3 is 2.45 bits per heavy atom. The van der Waals surface area contributed by atoms with Gasteiger partial charge in [-0.1, -0.05) is 24.3 Å². The molecule has 0 aliphatic rings. The first kappa shape index (κ1) is 14.3. The van der Waals surface area contributed by atoms with E-state index in [1.54, 1.807) is 18.2 Å². The van der Waals surface area contributed by atoms with E-state index >= 15 is 0 Å². The molecule has 2 aromatic rings. The second-order valence-corrected chi connectivity index (χ2v) is 5.62. The third-order valence-corrected chi connectivity index (χ3v) is 3.64. The second kappa shape index (κ2) is 5.48. The Morgan fingerprint density at radius 2 is 1.80 bits per heavy atom. The summed E-state index contributed by atoms with van der Waals surface area (Å²) in [5, 5.41) is 5.03. The molecule has 0 saturated heterocycles. The van der Waals surface area contributed by atoms with Gasteiger partial charge < -0.3 is 10.5 Å². The van der Waals surface area contributed by atoms with Gasteiger partial charge in [0.15, 0.2) is 0 Å². The molecule has 0 aliphatic heterocycles. The highest BCUT2D eigenvalue weighted by Gasteiger charge is 2.15. The fraction of sp³-hybridized carbons (Fsp3) is 0.0769. The third-order valence-electron chi connectivity index (χ3n) is 2.67. The number of hydrogen-bond acceptors (Lipinski definition) is 4. The van der Waals surface area contributed by atoms with Crippen molar-refractivity contribution in [3.63, 3.8) is 0 Å². The van der Waals surface area contributed by atoms with Gasteiger partial charge in [0, 0.05) is 5.56 Å². The third kappa shape index (κ3) is 3.06. The number of halogens is 1. The molecule has 5 nitrogen and oxygen atoms in total. The van der Waals surface area contributed by atoms with Crippen LogP contribution < -0.4 is 15.6 Å². The minimum Gasteiger partial charge on any atom is -0.487 e. The smallest absolute Gasteiger partial charge is 0.240 e. The number of nitrogen functional groups attached to an aromatic ring is 1. The zero-order valence-corrected chi connectivity index (χ0v) is 11.2. The summed E-state index contributed by atoms with van der Waals surface area (Å²) in [6, 6.07) is 10.3. The van der Waals surface area contributed by atoms with Gasteiger partial charge in [-0.25, -0.2) is 17.9 Å². The van der Waals surface area contributed by atoms with E-state index in [2.05, 4.69) is 0 Å². The molecule has 0 fully saturated rings. The average molecular weight is 296 g/mol. The van der Waals surface area contributed by atoms with Gasteiger partial charge in [-0.3, -0.25) is 0 Å². The van der Waals surface area contributed by atoms with Gasteiger partial charge in [-0.15, -0.1) is 0 Å². The number of sulfonamides is 1. The Labute approximate surface area is 116 Å². The molecular formula is C13H13FN2O3S. The lowest BCUT2D eigenvalue weighted by Gasteiger charge is -2.11. The van der Waals surface area contributed by atoms with Crippen LogP contribution in [0.25, 0.3) is 0 Å². The standard InChI is InChI=1S/C13H13FN2O3S/c14-10-5-2-1-4-9(10)8-19-11-6-3-7-12(13(11)15)20(16,17)18/h1-7H,8,15H2,(H2,16,17,18). The number of hydrogen-bond donors (Lipinski definition) is 2. The fourth-order valence-corrected chi connectivity index (χ4v) is 2.34. The van der Waals surface area contributed by atoms with Gasteiger partial charge in [0.25, 0.3) is 0 Å². The van der Waals surface area contributed by atoms with E-state index in [4.69, 9.17) is 15.6 Å². The van der Waals surface area contributed by atoms with E-state index in [0.717, 1.165) is 0 Å². The highest BCUT2D eigenvalue weighted by molar-refractivity contribution is 7.89. The molecule has 0 atom stereocenters. The number of benzene rings is 2. The van der Waals surface area contributed by atoms with Gasteiger partial charge in [-0.2, -0.15) is 0 Å². The summed E-state index contributed by atoms with van der Waals surface area (Å²) in [6.07, 6.45) is 0. The molecule has 0 heterocycles. The summed E-state index contributed by atoms with van der Waals surface area (Å²) in [5.74, 6) is -0.270. The van der Waals surface area contributed by atoms with Gasteiger partial charge in [0.05, 0.1) is 5.69 Å². The Balaban J connectivity index is 2.25. The van der Waals surface area contributed by atoms with Gasteiger partial charge in [0.2, 0.25) is 10.0 Å². The maximum atomic E-state index is 13.4. The van der Waals surface area contributed by atoms with Crippen molar-refractivity contribution in [1.82, 2.24) is 0 Å². The number of rotatable bonds is 4. The Kier molecular flexibility index (Phi) is 3.91. The van der Waals surface area contributed by atoms with Crippen LogP contribution in [0.1, 0.15) is 5.56 Å². The summed E-state index contributed by atoms with van der Waals surface area (Å²) >= 11 is 0. The SMILES string of the molecule is Nc1c(OCc2ccccc2F)cccc1S(N)(=O)=O. The zero-order chi connectivity index (χ0) is 14.8. The highest BCUT2D eigenvalue weighted by Crippen LogP contribution is 2.28. The van der Waals surface area contributed by atoms with Crippen LogP contribution in [0, 0.1) is 5.82 Å². The van der Waals surface area contributed by atoms with Crippen molar-refractivity contribution in [3.8, 4) is 5.75 Å². The molecule has 0 spiro atoms. The first-order chi connectivity index (χ1) is 9.39. The lowest BCUT2D eigenvalue weighted by Crippen LogP contribution is -2.15. The summed E-state index contributed by atoms with van der Waals surface area (Å²) in [4.78, 5) is -0.219. The molecular weight excluding hydrogens is 283 g/mol. The van der Waals surface area contributed by atoms with Crippen molar-refractivity contribution in [2.45, 2.75) is 11.5 Å². The Bertz CT molecular complexity index is 732. The molecule has 0 bridgehead atoms. The second-order valence-electron chi connectivity index (χ2n) is 4.09. The van der Waals surface area contributed by atoms with E-state index in [1.165, 1.54) is 24.3 Å². The normalized spacial score (nSPS) is 11.3. The van der Waals surface area contributed by atoms with Gasteiger partial charge in [0.1, 0.15) is 23.1 Å². The molecule has 0 aliphatic carbocycles. The van der Waals surface area contributed by atoms with Crippen LogP contribution in [0.2, 0.25) is 0 Å². The Hall–Kier alpha value is -2.12. The van der Waals surface area contributed by atoms with Crippen molar-refractivity contribution >= 4 is 15.7 Å². The van der Waals surface area contributed by atoms with Crippen LogP contribution in [0.5, 0.6) is 5.75 Å². The van der Waals surface area contributed by atoms with E-state index in [0.29, 0.717) is 5.56 Å². The molecule has 7 heteroatoms. The minimum atomic E-state index is -3.93. The van der Waals surface area contributed by atoms with Crippen molar-refractivity contribution in [1.29, 1.82) is 0 Å². The topological polar surface area (TPSA) is 95.4 Å². The van der Waals surface area contributed by atoms with Gasteiger partial charge >= 0.3 is 0 Å². The maximum Gasteiger partial charge on any atom is 0.240 e. The van der Waals surface area contributed by atoms with E-state index in [-0.39, 0.29) is 22.9 Å². The number of para-hydroxylation sites is 1. The summed E-state index contributed by atoms with van der Waals surface area (Å²) in [7, 11) is -3.93. The van der Waals surface area contributed by atoms with E-state index in [1.807, 2.05) is 0 Å². The lowest BCUT2D eigenvalue weighted by molar-refractivity contribution is 0.301. The van der Waals surface area contributed by atoms with Crippen LogP contribution in [-0.2, 0) is 16.6 Å². The Morgan fingerprint density at radius 1 is 1.10 bits per heavy atom. The minimum absolute atomic E-state index is 0.0645. The number of nitrogens with two attached hydrogens (primary N) is 2. The molecule has 4 N–H and O–H groups in total. The predicted octanol–water partition coefficient (Wildman–Crippen LogP) is 1.63. The molecule has 0 amide bonds. The fourth-order valence-electron chi connectivity index (χ4n) is 1.67. The van der Waals surface area contributed by atoms with Gasteiger partial charge in [-0.05, 0) is 18.2 Å². The molecule has 20 heavy (non-hydrogen) atoms. The average Bonchev–Trinajstić information content (AvgIpc) is 2.38. The van der Waals surface area contributed by atoms with Crippen molar-refractivity contribution in [2.24, 2.45) is 5.14 Å². The van der Waals surface area contributed by atoms with Crippen LogP contribution in [-0.4, -0.2) is 8.42 Å². The molecule has 0 aromatic heterocycles. The number of primary sulfonamides is 1. The number of ether oxygens (including phenoxy) is 1. The molecule has 2 rings (SSSR count). The van der Waals surface area contributed by atoms with Crippen LogP contribution in [0.4, 0.5) is 10.1 Å². The van der Waals surface area contributed by atoms with Crippen LogP contribution in [0.15, 0.2) is 47.4 Å². The maximum absolute atomic E-state index is 13.4. The summed E-state index contributed by atoms with van der Waals surface area (Å²) < 4.78 is 41.4. The molecule has 2 aromatic carbocycles. The molecule has 0 saturated carbocycles. The van der Waals surface area contributed by atoms with E-state index < -0.39 is 15.8 Å². The quantitative estimate of drug-likeness (QED) is 0.838. The van der Waals surface area contributed by atoms with E-state index in [9.17, 15) is 12.8 Å². The first-order valence-corrected chi connectivity index (χ1v) is 7.21. The predicted molar refractivity (Wildman–Crippen MR) is 73.0 cm³/mol. The molecule has 106 valence electrons.